The fourth-order valence-corrected chi connectivity index (χ4v) is 4.86. The van der Waals surface area contributed by atoms with Gasteiger partial charge < -0.3 is 25.2 Å². The maximum absolute atomic E-state index is 14.9. The summed E-state index contributed by atoms with van der Waals surface area (Å²) in [5, 5.41) is 41.2. The van der Waals surface area contributed by atoms with Gasteiger partial charge in [-0.05, 0) is 46.7 Å². The summed E-state index contributed by atoms with van der Waals surface area (Å²) in [6, 6.07) is 11.4. The molecular weight excluding hydrogens is 411 g/mol. The van der Waals surface area contributed by atoms with E-state index >= 15 is 0 Å². The summed E-state index contributed by atoms with van der Waals surface area (Å²) in [7, 11) is 0. The summed E-state index contributed by atoms with van der Waals surface area (Å²) in [6.45, 7) is 1.52. The zero-order valence-corrected chi connectivity index (χ0v) is 17.4. The molecule has 162 valence electrons. The van der Waals surface area contributed by atoms with Gasteiger partial charge in [0.1, 0.15) is 36.2 Å². The molecule has 2 aliphatic rings. The molecule has 1 spiro atoms. The Balaban J connectivity index is 1.75. The van der Waals surface area contributed by atoms with E-state index in [1.54, 1.807) is 12.1 Å². The third-order valence-corrected chi connectivity index (χ3v) is 6.75. The maximum atomic E-state index is 14.9. The van der Waals surface area contributed by atoms with E-state index in [1.165, 1.54) is 5.56 Å². The average molecular weight is 437 g/mol. The molecule has 5 nitrogen and oxygen atoms in total. The van der Waals surface area contributed by atoms with Crippen LogP contribution in [0.5, 0.6) is 0 Å². The van der Waals surface area contributed by atoms with E-state index in [0.29, 0.717) is 22.6 Å². The average Bonchev–Trinajstić information content (AvgIpc) is 3.01. The molecule has 7 heteroatoms. The second-order valence-electron chi connectivity index (χ2n) is 8.20. The predicted octanol–water partition coefficient (Wildman–Crippen LogP) is 2.58. The van der Waals surface area contributed by atoms with Crippen molar-refractivity contribution in [2.75, 3.05) is 6.61 Å². The Kier molecular flexibility index (Phi) is 5.92. The van der Waals surface area contributed by atoms with Crippen molar-refractivity contribution in [2.24, 2.45) is 0 Å². The first-order valence-corrected chi connectivity index (χ1v) is 10.6. The molecule has 2 aromatic carbocycles. The summed E-state index contributed by atoms with van der Waals surface area (Å²) in [5.74, 6) is 0. The second-order valence-corrected chi connectivity index (χ2v) is 8.61. The van der Waals surface area contributed by atoms with Crippen molar-refractivity contribution in [3.8, 4) is 0 Å². The van der Waals surface area contributed by atoms with Gasteiger partial charge in [-0.15, -0.1) is 0 Å². The van der Waals surface area contributed by atoms with Crippen LogP contribution in [0.3, 0.4) is 0 Å². The Morgan fingerprint density at radius 3 is 2.40 bits per heavy atom. The Morgan fingerprint density at radius 2 is 1.77 bits per heavy atom. The first-order chi connectivity index (χ1) is 14.3. The summed E-state index contributed by atoms with van der Waals surface area (Å²) in [5.41, 5.74) is 2.13. The SMILES string of the molecule is CCc1ccc(Cc2cc3c(cc2Cl)C(F)C[C@]32O[C@H](CO)[C@@H](O)[C@H](O)[C@H]2O)cc1. The Labute approximate surface area is 179 Å². The van der Waals surface area contributed by atoms with E-state index in [-0.39, 0.29) is 6.42 Å². The number of ether oxygens (including phenoxy) is 1. The van der Waals surface area contributed by atoms with Gasteiger partial charge in [0.2, 0.25) is 0 Å². The minimum absolute atomic E-state index is 0.227. The zero-order chi connectivity index (χ0) is 21.6. The summed E-state index contributed by atoms with van der Waals surface area (Å²) >= 11 is 6.45. The van der Waals surface area contributed by atoms with Crippen LogP contribution in [0.1, 0.15) is 47.3 Å². The van der Waals surface area contributed by atoms with Gasteiger partial charge in [-0.3, -0.25) is 0 Å². The number of aryl methyl sites for hydroxylation is 1. The molecule has 4 rings (SSSR count). The summed E-state index contributed by atoms with van der Waals surface area (Å²) in [6.07, 6.45) is -5.96. The van der Waals surface area contributed by atoms with Gasteiger partial charge in [0.25, 0.3) is 0 Å². The predicted molar refractivity (Wildman–Crippen MR) is 110 cm³/mol. The number of alkyl halides is 1. The van der Waals surface area contributed by atoms with Crippen LogP contribution < -0.4 is 0 Å². The third kappa shape index (κ3) is 3.45. The van der Waals surface area contributed by atoms with Crippen molar-refractivity contribution >= 4 is 11.6 Å². The Morgan fingerprint density at radius 1 is 1.10 bits per heavy atom. The molecule has 1 unspecified atom stereocenters. The molecule has 0 aromatic heterocycles. The smallest absolute Gasteiger partial charge is 0.129 e. The fraction of sp³-hybridized carbons (Fsp3) is 0.478. The van der Waals surface area contributed by atoms with Crippen molar-refractivity contribution < 1.29 is 29.6 Å². The molecule has 1 aliphatic heterocycles. The van der Waals surface area contributed by atoms with Gasteiger partial charge in [0, 0.05) is 11.4 Å². The van der Waals surface area contributed by atoms with E-state index in [0.717, 1.165) is 17.5 Å². The number of halogens is 2. The molecule has 0 radical (unpaired) electrons. The highest BCUT2D eigenvalue weighted by Crippen LogP contribution is 2.54. The molecule has 30 heavy (non-hydrogen) atoms. The van der Waals surface area contributed by atoms with Gasteiger partial charge in [-0.25, -0.2) is 4.39 Å². The number of hydrogen-bond donors (Lipinski definition) is 4. The molecule has 2 aromatic rings. The largest absolute Gasteiger partial charge is 0.394 e. The van der Waals surface area contributed by atoms with Crippen molar-refractivity contribution in [2.45, 2.75) is 62.4 Å². The van der Waals surface area contributed by atoms with Crippen molar-refractivity contribution in [3.63, 3.8) is 0 Å². The summed E-state index contributed by atoms with van der Waals surface area (Å²) in [4.78, 5) is 0. The van der Waals surface area contributed by atoms with Gasteiger partial charge >= 0.3 is 0 Å². The Bertz CT molecular complexity index is 919. The highest BCUT2D eigenvalue weighted by atomic mass is 35.5. The number of aliphatic hydroxyl groups excluding tert-OH is 4. The lowest BCUT2D eigenvalue weighted by molar-refractivity contribution is -0.281. The molecule has 1 heterocycles. The maximum Gasteiger partial charge on any atom is 0.129 e. The third-order valence-electron chi connectivity index (χ3n) is 6.39. The van der Waals surface area contributed by atoms with Crippen LogP contribution in [0, 0.1) is 0 Å². The molecule has 0 amide bonds. The lowest BCUT2D eigenvalue weighted by Gasteiger charge is -2.47. The lowest BCUT2D eigenvalue weighted by atomic mass is 9.80. The van der Waals surface area contributed by atoms with Crippen molar-refractivity contribution in [1.29, 1.82) is 0 Å². The van der Waals surface area contributed by atoms with Gasteiger partial charge in [-0.1, -0.05) is 48.9 Å². The summed E-state index contributed by atoms with van der Waals surface area (Å²) < 4.78 is 20.8. The van der Waals surface area contributed by atoms with Gasteiger partial charge in [-0.2, -0.15) is 0 Å². The van der Waals surface area contributed by atoms with Gasteiger partial charge in [0.15, 0.2) is 0 Å². The molecule has 6 atom stereocenters. The van der Waals surface area contributed by atoms with E-state index < -0.39 is 42.8 Å². The highest BCUT2D eigenvalue weighted by molar-refractivity contribution is 6.31. The molecule has 1 fully saturated rings. The fourth-order valence-electron chi connectivity index (χ4n) is 4.62. The van der Waals surface area contributed by atoms with E-state index in [9.17, 15) is 24.8 Å². The van der Waals surface area contributed by atoms with E-state index in [2.05, 4.69) is 6.92 Å². The second kappa shape index (κ2) is 8.19. The normalized spacial score (nSPS) is 33.1. The van der Waals surface area contributed by atoms with Crippen molar-refractivity contribution in [3.05, 3.63) is 69.2 Å². The van der Waals surface area contributed by atoms with Crippen LogP contribution in [-0.2, 0) is 23.2 Å². The quantitative estimate of drug-likeness (QED) is 0.591. The van der Waals surface area contributed by atoms with Crippen LogP contribution in [0.2, 0.25) is 5.02 Å². The number of rotatable bonds is 4. The van der Waals surface area contributed by atoms with Crippen LogP contribution >= 0.6 is 11.6 Å². The zero-order valence-electron chi connectivity index (χ0n) is 16.6. The molecular formula is C23H26ClFO5. The molecule has 1 saturated heterocycles. The minimum atomic E-state index is -1.57. The number of aliphatic hydroxyl groups is 4. The van der Waals surface area contributed by atoms with Crippen molar-refractivity contribution in [1.82, 2.24) is 0 Å². The van der Waals surface area contributed by atoms with Gasteiger partial charge in [0.05, 0.1) is 6.61 Å². The number of fused-ring (bicyclic) bond motifs is 2. The van der Waals surface area contributed by atoms with E-state index in [1.807, 2.05) is 24.3 Å². The Hall–Kier alpha value is -1.54. The topological polar surface area (TPSA) is 90.2 Å². The molecule has 0 bridgehead atoms. The van der Waals surface area contributed by atoms with Crippen LogP contribution in [0.4, 0.5) is 4.39 Å². The molecule has 1 aliphatic carbocycles. The molecule has 4 N–H and O–H groups in total. The van der Waals surface area contributed by atoms with E-state index in [4.69, 9.17) is 16.3 Å². The van der Waals surface area contributed by atoms with Crippen LogP contribution in [-0.4, -0.2) is 51.4 Å². The molecule has 0 saturated carbocycles. The standard InChI is InChI=1S/C23H26ClFO5/c1-2-12-3-5-13(6-4-12)7-14-8-16-15(9-17(14)24)18(25)10-23(16)22(29)21(28)20(27)19(11-26)30-23/h3-6,8-9,18-22,26-29H,2,7,10-11H2,1H3/t18?,19-,20-,21+,22-,23+/m1/s1. The monoisotopic (exact) mass is 436 g/mol. The minimum Gasteiger partial charge on any atom is -0.394 e. The van der Waals surface area contributed by atoms with Crippen LogP contribution in [0.15, 0.2) is 36.4 Å². The number of benzene rings is 2. The first kappa shape index (κ1) is 21.7. The lowest BCUT2D eigenvalue weighted by Crippen LogP contribution is -2.62. The highest BCUT2D eigenvalue weighted by Gasteiger charge is 2.59. The number of hydrogen-bond acceptors (Lipinski definition) is 5. The first-order valence-electron chi connectivity index (χ1n) is 10.2. The van der Waals surface area contributed by atoms with Crippen LogP contribution in [0.25, 0.3) is 0 Å².